The topological polar surface area (TPSA) is 177 Å². The van der Waals surface area contributed by atoms with Crippen LogP contribution in [0.4, 0.5) is 11.4 Å². The Labute approximate surface area is 258 Å². The Morgan fingerprint density at radius 1 is 0.780 bits per heavy atom. The van der Waals surface area contributed by atoms with Gasteiger partial charge in [0.2, 0.25) is 11.1 Å². The van der Waals surface area contributed by atoms with Crippen LogP contribution in [0.25, 0.3) is 0 Å². The lowest BCUT2D eigenvalue weighted by Crippen LogP contribution is -2.18. The van der Waals surface area contributed by atoms with E-state index in [1.807, 2.05) is 0 Å². The second-order valence-electron chi connectivity index (χ2n) is 7.28. The zero-order valence-corrected chi connectivity index (χ0v) is 26.5. The summed E-state index contributed by atoms with van der Waals surface area (Å²) < 4.78 is 19.5. The number of hydrogen-bond acceptors (Lipinski definition) is 11. The highest BCUT2D eigenvalue weighted by atomic mass is 79.9. The van der Waals surface area contributed by atoms with E-state index in [0.29, 0.717) is 25.9 Å². The molecule has 0 aliphatic carbocycles. The van der Waals surface area contributed by atoms with Crippen LogP contribution < -0.4 is 11.1 Å². The summed E-state index contributed by atoms with van der Waals surface area (Å²) in [5.41, 5.74) is 7.14. The highest BCUT2D eigenvalue weighted by Crippen LogP contribution is 2.22. The molecule has 0 aliphatic rings. The lowest BCUT2D eigenvalue weighted by molar-refractivity contribution is -0.146. The van der Waals surface area contributed by atoms with Gasteiger partial charge in [0.1, 0.15) is 12.8 Å². The molecule has 0 atom stereocenters. The molecule has 0 radical (unpaired) electrons. The minimum absolute atomic E-state index is 0.219. The highest BCUT2D eigenvalue weighted by Gasteiger charge is 2.14. The van der Waals surface area contributed by atoms with Crippen molar-refractivity contribution in [1.29, 1.82) is 0 Å². The van der Waals surface area contributed by atoms with Crippen molar-refractivity contribution in [3.63, 3.8) is 0 Å². The minimum Gasteiger partial charge on any atom is -0.466 e. The van der Waals surface area contributed by atoms with Gasteiger partial charge in [-0.1, -0.05) is 0 Å². The molecule has 0 saturated carbocycles. The summed E-state index contributed by atoms with van der Waals surface area (Å²) in [5, 5.41) is 1.82. The fourth-order valence-electron chi connectivity index (χ4n) is 2.55. The molecular weight excluding hydrogens is 696 g/mol. The van der Waals surface area contributed by atoms with Gasteiger partial charge >= 0.3 is 23.9 Å². The van der Waals surface area contributed by atoms with Crippen molar-refractivity contribution in [2.24, 2.45) is 0 Å². The molecule has 2 aromatic carbocycles. The normalized spacial score (nSPS) is 9.44. The third-order valence-corrected chi connectivity index (χ3v) is 5.77. The Balaban J connectivity index is 0.000000646. The van der Waals surface area contributed by atoms with E-state index in [4.69, 9.17) is 17.3 Å². The van der Waals surface area contributed by atoms with Crippen LogP contribution in [0.1, 0.15) is 47.4 Å². The van der Waals surface area contributed by atoms with E-state index in [1.165, 1.54) is 20.3 Å². The molecule has 0 aromatic heterocycles. The number of ether oxygens (including phenoxy) is 4. The number of carbonyl (C=O) groups is 6. The summed E-state index contributed by atoms with van der Waals surface area (Å²) in [6, 6.07) is 9.64. The standard InChI is InChI=1S/C13H14BrNO5.C8H8BrNO2.C5H7ClO3/c1-3-20-12(17)7-11(16)15-8-4-5-10(14)9(6-8)13(18)19-2;1-12-8(11)6-4-5(10)2-3-7(6)9;1-2-9-5(8)3-4(6)7/h4-6H,3,7H2,1-2H3,(H,15,16);2-4H,10H2,1H3;2-3H2,1H3. The van der Waals surface area contributed by atoms with Gasteiger partial charge in [-0.05, 0) is 93.7 Å². The molecule has 0 fully saturated rings. The monoisotopic (exact) mass is 722 g/mol. The maximum atomic E-state index is 11.6. The fraction of sp³-hybridized carbons (Fsp3) is 0.308. The highest BCUT2D eigenvalue weighted by molar-refractivity contribution is 9.10. The predicted molar refractivity (Wildman–Crippen MR) is 157 cm³/mol. The van der Waals surface area contributed by atoms with Gasteiger partial charge in [0.25, 0.3) is 0 Å². The summed E-state index contributed by atoms with van der Waals surface area (Å²) in [6.07, 6.45) is -0.715. The summed E-state index contributed by atoms with van der Waals surface area (Å²) in [6.45, 7) is 3.82. The number of hydrogen-bond donors (Lipinski definition) is 2. The number of nitrogens with two attached hydrogens (primary N) is 1. The zero-order valence-electron chi connectivity index (χ0n) is 22.6. The van der Waals surface area contributed by atoms with E-state index < -0.39 is 35.0 Å². The fourth-order valence-corrected chi connectivity index (χ4v) is 3.48. The van der Waals surface area contributed by atoms with Gasteiger partial charge in [0.15, 0.2) is 0 Å². The molecule has 0 bridgehead atoms. The Kier molecular flexibility index (Phi) is 18.7. The molecule has 0 aliphatic heterocycles. The smallest absolute Gasteiger partial charge is 0.339 e. The average molecular weight is 725 g/mol. The lowest BCUT2D eigenvalue weighted by Gasteiger charge is -2.08. The molecule has 224 valence electrons. The van der Waals surface area contributed by atoms with E-state index in [9.17, 15) is 28.8 Å². The first-order valence-electron chi connectivity index (χ1n) is 11.6. The molecule has 0 unspecified atom stereocenters. The number of anilines is 2. The number of methoxy groups -OCH3 is 2. The van der Waals surface area contributed by atoms with Gasteiger partial charge in [-0.15, -0.1) is 0 Å². The Hall–Kier alpha value is -3.49. The maximum absolute atomic E-state index is 11.6. The van der Waals surface area contributed by atoms with E-state index in [0.717, 1.165) is 0 Å². The second kappa shape index (κ2) is 20.4. The van der Waals surface area contributed by atoms with Gasteiger partial charge in [0, 0.05) is 20.3 Å². The SMILES string of the molecule is CCOC(=O)CC(=O)Cl.CCOC(=O)CC(=O)Nc1ccc(Br)c(C(=O)OC)c1.COC(=O)c1cc(N)ccc1Br. The minimum atomic E-state index is -0.687. The number of amides is 1. The van der Waals surface area contributed by atoms with Crippen LogP contribution in [0.5, 0.6) is 0 Å². The number of rotatable bonds is 9. The van der Waals surface area contributed by atoms with Gasteiger partial charge in [-0.25, -0.2) is 9.59 Å². The van der Waals surface area contributed by atoms with Crippen LogP contribution in [-0.4, -0.2) is 62.5 Å². The van der Waals surface area contributed by atoms with Crippen molar-refractivity contribution >= 4 is 89.9 Å². The zero-order chi connectivity index (χ0) is 31.5. The molecule has 0 spiro atoms. The van der Waals surface area contributed by atoms with Crippen molar-refractivity contribution < 1.29 is 47.7 Å². The molecule has 3 N–H and O–H groups in total. The van der Waals surface area contributed by atoms with Crippen LogP contribution in [0.3, 0.4) is 0 Å². The first-order valence-corrected chi connectivity index (χ1v) is 13.6. The van der Waals surface area contributed by atoms with Crippen LogP contribution in [0.15, 0.2) is 45.3 Å². The van der Waals surface area contributed by atoms with Crippen molar-refractivity contribution in [3.05, 3.63) is 56.5 Å². The molecular formula is C26H29Br2ClN2O10. The first-order chi connectivity index (χ1) is 19.3. The number of carbonyl (C=O) groups excluding carboxylic acids is 6. The molecule has 15 heteroatoms. The average Bonchev–Trinajstić information content (AvgIpc) is 2.90. The summed E-state index contributed by atoms with van der Waals surface area (Å²) in [7, 11) is 2.60. The number of halogens is 3. The van der Waals surface area contributed by atoms with Gasteiger partial charge in [-0.3, -0.25) is 19.2 Å². The van der Waals surface area contributed by atoms with Crippen LogP contribution >= 0.6 is 43.5 Å². The third kappa shape index (κ3) is 15.8. The second-order valence-corrected chi connectivity index (χ2v) is 9.41. The molecule has 2 rings (SSSR count). The van der Waals surface area contributed by atoms with Gasteiger partial charge in [-0.2, -0.15) is 0 Å². The van der Waals surface area contributed by atoms with Crippen LogP contribution in [0, 0.1) is 0 Å². The number of esters is 4. The van der Waals surface area contributed by atoms with Gasteiger partial charge < -0.3 is 30.0 Å². The van der Waals surface area contributed by atoms with Crippen molar-refractivity contribution in [1.82, 2.24) is 0 Å². The Morgan fingerprint density at radius 2 is 1.24 bits per heavy atom. The number of nitrogens with one attached hydrogen (secondary N) is 1. The summed E-state index contributed by atoms with van der Waals surface area (Å²) >= 11 is 11.3. The largest absolute Gasteiger partial charge is 0.466 e. The first kappa shape index (κ1) is 37.5. The van der Waals surface area contributed by atoms with Crippen molar-refractivity contribution in [3.8, 4) is 0 Å². The predicted octanol–water partition coefficient (Wildman–Crippen LogP) is 4.65. The van der Waals surface area contributed by atoms with Gasteiger partial charge in [0.05, 0.1) is 38.6 Å². The summed E-state index contributed by atoms with van der Waals surface area (Å²) in [5.74, 6) is -2.61. The third-order valence-electron chi connectivity index (χ3n) is 4.25. The molecule has 41 heavy (non-hydrogen) atoms. The molecule has 2 aromatic rings. The van der Waals surface area contributed by atoms with Crippen molar-refractivity contribution in [2.75, 3.05) is 38.5 Å². The van der Waals surface area contributed by atoms with E-state index in [1.54, 1.807) is 44.2 Å². The number of benzene rings is 2. The van der Waals surface area contributed by atoms with Crippen LogP contribution in [0.2, 0.25) is 0 Å². The lowest BCUT2D eigenvalue weighted by atomic mass is 10.2. The molecule has 12 nitrogen and oxygen atoms in total. The molecule has 0 heterocycles. The maximum Gasteiger partial charge on any atom is 0.339 e. The van der Waals surface area contributed by atoms with Crippen molar-refractivity contribution in [2.45, 2.75) is 26.7 Å². The van der Waals surface area contributed by atoms with E-state index in [-0.39, 0.29) is 31.6 Å². The van der Waals surface area contributed by atoms with E-state index >= 15 is 0 Å². The Morgan fingerprint density at radius 3 is 1.71 bits per heavy atom. The van der Waals surface area contributed by atoms with E-state index in [2.05, 4.69) is 56.1 Å². The van der Waals surface area contributed by atoms with Crippen LogP contribution in [-0.2, 0) is 38.1 Å². The molecule has 0 saturated heterocycles. The molecule has 1 amide bonds. The quantitative estimate of drug-likeness (QED) is 0.121. The number of nitrogen functional groups attached to an aromatic ring is 1. The Bertz CT molecular complexity index is 1240. The summed E-state index contributed by atoms with van der Waals surface area (Å²) in [4.78, 5) is 65.6.